The number of nitrogens with zero attached hydrogens (tertiary/aromatic N) is 1. The molecular formula is C18H17ClN2O3S. The highest BCUT2D eigenvalue weighted by Crippen LogP contribution is 2.44. The lowest BCUT2D eigenvalue weighted by Gasteiger charge is -2.26. The summed E-state index contributed by atoms with van der Waals surface area (Å²) in [7, 11) is -3.76. The van der Waals surface area contributed by atoms with Crippen molar-refractivity contribution in [1.82, 2.24) is 0 Å². The Morgan fingerprint density at radius 3 is 2.80 bits per heavy atom. The predicted molar refractivity (Wildman–Crippen MR) is 97.8 cm³/mol. The largest absolute Gasteiger partial charge is 0.311 e. The van der Waals surface area contributed by atoms with Gasteiger partial charge < -0.3 is 4.90 Å². The molecule has 1 N–H and O–H groups in total. The third-order valence-electron chi connectivity index (χ3n) is 4.78. The molecule has 0 bridgehead atoms. The van der Waals surface area contributed by atoms with Crippen molar-refractivity contribution in [3.8, 4) is 0 Å². The third kappa shape index (κ3) is 2.69. The van der Waals surface area contributed by atoms with Gasteiger partial charge in [-0.25, -0.2) is 8.42 Å². The zero-order chi connectivity index (χ0) is 17.8. The normalized spacial score (nSPS) is 19.0. The summed E-state index contributed by atoms with van der Waals surface area (Å²) < 4.78 is 28.2. The van der Waals surface area contributed by atoms with Gasteiger partial charge >= 0.3 is 0 Å². The molecule has 1 atom stereocenters. The number of aryl methyl sites for hydroxylation is 1. The molecule has 2 aromatic carbocycles. The standard InChI is InChI=1S/C18H17ClN2O3S/c1-11-16-10-15(8-12-4-3-7-21(17(12)16)18(11)22)25(23,24)20-14-6-2-5-13(19)9-14/h2,5-6,8-11,20H,3-4,7H2,1H3/t11-/m1/s1. The number of hydrogen-bond donors (Lipinski definition) is 1. The van der Waals surface area contributed by atoms with Gasteiger partial charge in [0.1, 0.15) is 0 Å². The van der Waals surface area contributed by atoms with Crippen molar-refractivity contribution in [2.75, 3.05) is 16.2 Å². The molecule has 2 aliphatic heterocycles. The Bertz CT molecular complexity index is 988. The minimum Gasteiger partial charge on any atom is -0.311 e. The summed E-state index contributed by atoms with van der Waals surface area (Å²) in [5, 5.41) is 0.458. The van der Waals surface area contributed by atoms with Gasteiger partial charge in [-0.1, -0.05) is 17.7 Å². The Labute approximate surface area is 151 Å². The van der Waals surface area contributed by atoms with Gasteiger partial charge in [0.15, 0.2) is 0 Å². The molecule has 0 saturated heterocycles. The van der Waals surface area contributed by atoms with Gasteiger partial charge in [-0.05, 0) is 61.2 Å². The van der Waals surface area contributed by atoms with E-state index in [9.17, 15) is 13.2 Å². The zero-order valence-electron chi connectivity index (χ0n) is 13.6. The summed E-state index contributed by atoms with van der Waals surface area (Å²) in [5.41, 5.74) is 3.04. The SMILES string of the molecule is C[C@H]1C(=O)N2CCCc3cc(S(=O)(=O)Nc4cccc(Cl)c4)cc1c32. The number of carbonyl (C=O) groups excluding carboxylic acids is 1. The first-order valence-corrected chi connectivity index (χ1v) is 9.99. The Balaban J connectivity index is 1.78. The lowest BCUT2D eigenvalue weighted by atomic mass is 9.97. The van der Waals surface area contributed by atoms with Crippen LogP contribution in [0, 0.1) is 0 Å². The molecule has 4 rings (SSSR count). The van der Waals surface area contributed by atoms with Crippen molar-refractivity contribution in [3.05, 3.63) is 52.5 Å². The van der Waals surface area contributed by atoms with Gasteiger partial charge in [0.2, 0.25) is 5.91 Å². The molecule has 0 unspecified atom stereocenters. The van der Waals surface area contributed by atoms with Crippen LogP contribution >= 0.6 is 11.6 Å². The van der Waals surface area contributed by atoms with Crippen LogP contribution in [0.4, 0.5) is 11.4 Å². The fourth-order valence-electron chi connectivity index (χ4n) is 3.59. The van der Waals surface area contributed by atoms with Gasteiger partial charge in [-0.15, -0.1) is 0 Å². The number of sulfonamides is 1. The van der Waals surface area contributed by atoms with Crippen LogP contribution in [0.2, 0.25) is 5.02 Å². The Hall–Kier alpha value is -2.05. The number of hydrogen-bond acceptors (Lipinski definition) is 3. The quantitative estimate of drug-likeness (QED) is 0.890. The summed E-state index contributed by atoms with van der Waals surface area (Å²) in [6.07, 6.45) is 1.62. The fourth-order valence-corrected chi connectivity index (χ4v) is 4.91. The topological polar surface area (TPSA) is 66.5 Å². The van der Waals surface area contributed by atoms with E-state index in [2.05, 4.69) is 4.72 Å². The lowest BCUT2D eigenvalue weighted by Crippen LogP contribution is -2.32. The average molecular weight is 377 g/mol. The van der Waals surface area contributed by atoms with Gasteiger partial charge in [-0.2, -0.15) is 0 Å². The van der Waals surface area contributed by atoms with Crippen LogP contribution in [0.5, 0.6) is 0 Å². The molecule has 0 aromatic heterocycles. The average Bonchev–Trinajstić information content (AvgIpc) is 2.81. The van der Waals surface area contributed by atoms with E-state index in [-0.39, 0.29) is 16.7 Å². The highest BCUT2D eigenvalue weighted by molar-refractivity contribution is 7.92. The molecule has 1 amide bonds. The number of anilines is 2. The molecule has 5 nitrogen and oxygen atoms in total. The first-order valence-electron chi connectivity index (χ1n) is 8.13. The number of amides is 1. The maximum Gasteiger partial charge on any atom is 0.261 e. The van der Waals surface area contributed by atoms with Gasteiger partial charge in [0.25, 0.3) is 10.0 Å². The molecule has 2 heterocycles. The van der Waals surface area contributed by atoms with Crippen LogP contribution in [0.25, 0.3) is 0 Å². The number of nitrogens with one attached hydrogen (secondary N) is 1. The molecule has 0 radical (unpaired) electrons. The van der Waals surface area contributed by atoms with Crippen molar-refractivity contribution in [2.45, 2.75) is 30.6 Å². The summed E-state index contributed by atoms with van der Waals surface area (Å²) in [5.74, 6) is -0.263. The third-order valence-corrected chi connectivity index (χ3v) is 6.38. The van der Waals surface area contributed by atoms with Crippen molar-refractivity contribution in [1.29, 1.82) is 0 Å². The first kappa shape index (κ1) is 16.4. The summed E-state index contributed by atoms with van der Waals surface area (Å²) >= 11 is 5.93. The number of carbonyl (C=O) groups is 1. The fraction of sp³-hybridized carbons (Fsp3) is 0.278. The molecule has 0 fully saturated rings. The molecule has 2 aliphatic rings. The highest BCUT2D eigenvalue weighted by Gasteiger charge is 2.38. The van der Waals surface area contributed by atoms with Crippen LogP contribution < -0.4 is 9.62 Å². The van der Waals surface area contributed by atoms with E-state index in [1.54, 1.807) is 41.3 Å². The van der Waals surface area contributed by atoms with E-state index in [1.165, 1.54) is 0 Å². The number of halogens is 1. The predicted octanol–water partition coefficient (Wildman–Crippen LogP) is 3.54. The molecule has 2 aromatic rings. The summed E-state index contributed by atoms with van der Waals surface area (Å²) in [6, 6.07) is 9.88. The lowest BCUT2D eigenvalue weighted by molar-refractivity contribution is -0.119. The van der Waals surface area contributed by atoms with Crippen molar-refractivity contribution in [2.24, 2.45) is 0 Å². The van der Waals surface area contributed by atoms with Crippen LogP contribution in [0.3, 0.4) is 0 Å². The van der Waals surface area contributed by atoms with E-state index >= 15 is 0 Å². The van der Waals surface area contributed by atoms with Crippen LogP contribution in [-0.2, 0) is 21.2 Å². The maximum absolute atomic E-state index is 12.8. The Morgan fingerprint density at radius 2 is 2.04 bits per heavy atom. The minimum absolute atomic E-state index is 0.0494. The second-order valence-electron chi connectivity index (χ2n) is 6.45. The molecule has 7 heteroatoms. The van der Waals surface area contributed by atoms with Crippen LogP contribution in [0.1, 0.15) is 30.4 Å². The number of benzene rings is 2. The van der Waals surface area contributed by atoms with E-state index in [0.29, 0.717) is 17.3 Å². The monoisotopic (exact) mass is 376 g/mol. The van der Waals surface area contributed by atoms with Crippen molar-refractivity contribution < 1.29 is 13.2 Å². The Kier molecular flexibility index (Phi) is 3.77. The Morgan fingerprint density at radius 1 is 1.24 bits per heavy atom. The number of rotatable bonds is 3. The molecule has 0 spiro atoms. The summed E-state index contributed by atoms with van der Waals surface area (Å²) in [4.78, 5) is 14.4. The zero-order valence-corrected chi connectivity index (χ0v) is 15.2. The van der Waals surface area contributed by atoms with Crippen molar-refractivity contribution in [3.63, 3.8) is 0 Å². The van der Waals surface area contributed by atoms with Crippen LogP contribution in [0.15, 0.2) is 41.3 Å². The van der Waals surface area contributed by atoms with E-state index in [4.69, 9.17) is 11.6 Å². The van der Waals surface area contributed by atoms with E-state index in [1.807, 2.05) is 6.92 Å². The smallest absolute Gasteiger partial charge is 0.261 e. The van der Waals surface area contributed by atoms with E-state index < -0.39 is 10.0 Å². The van der Waals surface area contributed by atoms with Gasteiger partial charge in [-0.3, -0.25) is 9.52 Å². The second kappa shape index (κ2) is 5.75. The molecule has 0 saturated carbocycles. The van der Waals surface area contributed by atoms with Crippen LogP contribution in [-0.4, -0.2) is 20.9 Å². The molecule has 0 aliphatic carbocycles. The second-order valence-corrected chi connectivity index (χ2v) is 8.57. The van der Waals surface area contributed by atoms with Gasteiger partial charge in [0, 0.05) is 11.6 Å². The van der Waals surface area contributed by atoms with Gasteiger partial charge in [0.05, 0.1) is 22.2 Å². The van der Waals surface area contributed by atoms with Crippen molar-refractivity contribution >= 4 is 38.9 Å². The summed E-state index contributed by atoms with van der Waals surface area (Å²) in [6.45, 7) is 2.53. The van der Waals surface area contributed by atoms with E-state index in [0.717, 1.165) is 29.7 Å². The maximum atomic E-state index is 12.8. The highest BCUT2D eigenvalue weighted by atomic mass is 35.5. The molecular weight excluding hydrogens is 360 g/mol. The first-order chi connectivity index (χ1) is 11.9. The molecule has 25 heavy (non-hydrogen) atoms. The molecule has 130 valence electrons. The minimum atomic E-state index is -3.76.